The Morgan fingerprint density at radius 3 is 2.71 bits per heavy atom. The summed E-state index contributed by atoms with van der Waals surface area (Å²) < 4.78 is 13.5. The molecule has 2 unspecified atom stereocenters. The molecule has 1 fully saturated rings. The number of amides is 1. The molecule has 1 aromatic heterocycles. The molecule has 0 bridgehead atoms. The molecule has 2 atom stereocenters. The minimum absolute atomic E-state index is 0.188. The summed E-state index contributed by atoms with van der Waals surface area (Å²) in [6.45, 7) is 9.44. The summed E-state index contributed by atoms with van der Waals surface area (Å²) in [5.74, 6) is 1.71. The van der Waals surface area contributed by atoms with Crippen LogP contribution < -0.4 is 9.64 Å². The van der Waals surface area contributed by atoms with Crippen molar-refractivity contribution in [1.82, 2.24) is 9.78 Å². The van der Waals surface area contributed by atoms with Gasteiger partial charge in [-0.3, -0.25) is 9.58 Å². The molecule has 0 radical (unpaired) electrons. The lowest BCUT2D eigenvalue weighted by Crippen LogP contribution is -2.37. The molecule has 212 valence electrons. The number of aliphatic hydroxyl groups is 1. The Balaban J connectivity index is 1.16. The zero-order valence-corrected chi connectivity index (χ0v) is 24.1. The van der Waals surface area contributed by atoms with Crippen molar-refractivity contribution in [2.45, 2.75) is 52.2 Å². The van der Waals surface area contributed by atoms with E-state index in [1.165, 1.54) is 11.1 Å². The number of anilines is 1. The first-order valence-electron chi connectivity index (χ1n) is 14.3. The minimum Gasteiger partial charge on any atom is -0.490 e. The van der Waals surface area contributed by atoms with Crippen LogP contribution in [0.3, 0.4) is 0 Å². The molecule has 0 saturated heterocycles. The third-order valence-corrected chi connectivity index (χ3v) is 8.35. The second-order valence-corrected chi connectivity index (χ2v) is 11.8. The molecule has 7 heteroatoms. The summed E-state index contributed by atoms with van der Waals surface area (Å²) in [6, 6.07) is 20.1. The third kappa shape index (κ3) is 5.59. The summed E-state index contributed by atoms with van der Waals surface area (Å²) in [5.41, 5.74) is 7.60. The molecule has 1 saturated carbocycles. The lowest BCUT2D eigenvalue weighted by atomic mass is 9.93. The predicted molar refractivity (Wildman–Crippen MR) is 159 cm³/mol. The molecular formula is C34H37N3O4. The average molecular weight is 552 g/mol. The number of hydrogen-bond acceptors (Lipinski definition) is 5. The Morgan fingerprint density at radius 1 is 1.07 bits per heavy atom. The van der Waals surface area contributed by atoms with E-state index in [0.717, 1.165) is 45.7 Å². The molecule has 0 spiro atoms. The lowest BCUT2D eigenvalue weighted by molar-refractivity contribution is 0.0785. The number of aryl methyl sites for hydroxylation is 1. The van der Waals surface area contributed by atoms with E-state index >= 15 is 0 Å². The van der Waals surface area contributed by atoms with Crippen LogP contribution in [-0.4, -0.2) is 40.7 Å². The molecule has 2 aliphatic rings. The largest absolute Gasteiger partial charge is 0.490 e. The van der Waals surface area contributed by atoms with Crippen LogP contribution in [0.15, 0.2) is 73.1 Å². The van der Waals surface area contributed by atoms with Crippen molar-refractivity contribution in [2.24, 2.45) is 5.92 Å². The number of rotatable bonds is 8. The molecule has 1 aliphatic heterocycles. The highest BCUT2D eigenvalue weighted by Crippen LogP contribution is 2.57. The van der Waals surface area contributed by atoms with E-state index in [1.807, 2.05) is 66.3 Å². The molecule has 6 rings (SSSR count). The number of carbonyl (C=O) groups is 1. The Kier molecular flexibility index (Phi) is 7.08. The van der Waals surface area contributed by atoms with Gasteiger partial charge in [0.1, 0.15) is 19.0 Å². The second kappa shape index (κ2) is 10.7. The maximum Gasteiger partial charge on any atom is 0.414 e. The van der Waals surface area contributed by atoms with Gasteiger partial charge in [0.05, 0.1) is 24.0 Å². The van der Waals surface area contributed by atoms with Crippen molar-refractivity contribution in [1.29, 1.82) is 0 Å². The summed E-state index contributed by atoms with van der Waals surface area (Å²) in [7, 11) is 0. The van der Waals surface area contributed by atoms with E-state index < -0.39 is 5.60 Å². The van der Waals surface area contributed by atoms with Gasteiger partial charge in [-0.2, -0.15) is 5.10 Å². The van der Waals surface area contributed by atoms with Crippen LogP contribution in [0, 0.1) is 19.8 Å². The molecule has 41 heavy (non-hydrogen) atoms. The Labute approximate surface area is 241 Å². The SMILES string of the molecule is Cc1cccc(OCCOC(=O)N2CC3CC3c3c(-c4cnn(Cc5cccc(C(C)(C)O)c5)c4)cccc32)c1C. The fraction of sp³-hybridized carbons (Fsp3) is 0.353. The van der Waals surface area contributed by atoms with Crippen molar-refractivity contribution >= 4 is 11.8 Å². The summed E-state index contributed by atoms with van der Waals surface area (Å²) >= 11 is 0. The Hall–Kier alpha value is -4.10. The summed E-state index contributed by atoms with van der Waals surface area (Å²) in [6.07, 6.45) is 4.70. The number of benzene rings is 3. The van der Waals surface area contributed by atoms with Gasteiger partial charge in [0, 0.05) is 18.3 Å². The second-order valence-electron chi connectivity index (χ2n) is 11.8. The molecule has 7 nitrogen and oxygen atoms in total. The van der Waals surface area contributed by atoms with Crippen LogP contribution in [0.1, 0.15) is 54.0 Å². The van der Waals surface area contributed by atoms with Crippen LogP contribution in [0.2, 0.25) is 0 Å². The highest BCUT2D eigenvalue weighted by atomic mass is 16.6. The van der Waals surface area contributed by atoms with Gasteiger partial charge in [-0.05, 0) is 91.5 Å². The highest BCUT2D eigenvalue weighted by Gasteiger charge is 2.48. The van der Waals surface area contributed by atoms with Crippen molar-refractivity contribution < 1.29 is 19.4 Å². The van der Waals surface area contributed by atoms with E-state index in [0.29, 0.717) is 31.5 Å². The van der Waals surface area contributed by atoms with Gasteiger partial charge in [0.25, 0.3) is 0 Å². The lowest BCUT2D eigenvalue weighted by Gasteiger charge is -2.29. The molecule has 1 aliphatic carbocycles. The van der Waals surface area contributed by atoms with Gasteiger partial charge in [-0.15, -0.1) is 0 Å². The van der Waals surface area contributed by atoms with Crippen LogP contribution in [0.25, 0.3) is 11.1 Å². The monoisotopic (exact) mass is 551 g/mol. The Morgan fingerprint density at radius 2 is 1.88 bits per heavy atom. The van der Waals surface area contributed by atoms with Crippen molar-refractivity contribution in [3.05, 3.63) is 101 Å². The highest BCUT2D eigenvalue weighted by molar-refractivity contribution is 5.92. The smallest absolute Gasteiger partial charge is 0.414 e. The molecule has 3 aromatic carbocycles. The van der Waals surface area contributed by atoms with E-state index in [4.69, 9.17) is 9.47 Å². The van der Waals surface area contributed by atoms with Crippen LogP contribution in [0.5, 0.6) is 5.75 Å². The number of aromatic nitrogens is 2. The van der Waals surface area contributed by atoms with Gasteiger partial charge < -0.3 is 14.6 Å². The van der Waals surface area contributed by atoms with Gasteiger partial charge in [-0.1, -0.05) is 48.5 Å². The molecule has 4 aromatic rings. The van der Waals surface area contributed by atoms with Crippen molar-refractivity contribution in [3.63, 3.8) is 0 Å². The van der Waals surface area contributed by atoms with Crippen LogP contribution >= 0.6 is 0 Å². The van der Waals surface area contributed by atoms with E-state index in [2.05, 4.69) is 30.4 Å². The first-order valence-corrected chi connectivity index (χ1v) is 14.3. The van der Waals surface area contributed by atoms with Gasteiger partial charge >= 0.3 is 6.09 Å². The van der Waals surface area contributed by atoms with Crippen LogP contribution in [0.4, 0.5) is 10.5 Å². The third-order valence-electron chi connectivity index (χ3n) is 8.35. The van der Waals surface area contributed by atoms with Gasteiger partial charge in [-0.25, -0.2) is 4.79 Å². The predicted octanol–water partition coefficient (Wildman–Crippen LogP) is 6.58. The molecule has 2 heterocycles. The molecule has 1 N–H and O–H groups in total. The minimum atomic E-state index is -0.894. The fourth-order valence-electron chi connectivity index (χ4n) is 5.80. The fourth-order valence-corrected chi connectivity index (χ4v) is 5.80. The van der Waals surface area contributed by atoms with Crippen molar-refractivity contribution in [3.8, 4) is 16.9 Å². The standard InChI is InChI=1S/C34H37N3O4/c1-22-8-5-13-31(23(22)2)40-14-15-41-33(38)37-21-25-17-29(25)32-28(11-7-12-30(32)37)26-18-35-36(20-26)19-24-9-6-10-27(16-24)34(3,4)39/h5-13,16,18,20,25,29,39H,14-15,17,19,21H2,1-4H3. The topological polar surface area (TPSA) is 76.8 Å². The zero-order valence-electron chi connectivity index (χ0n) is 24.1. The number of carbonyl (C=O) groups excluding carboxylic acids is 1. The quantitative estimate of drug-likeness (QED) is 0.250. The maximum absolute atomic E-state index is 13.2. The maximum atomic E-state index is 13.2. The Bertz CT molecular complexity index is 1590. The number of ether oxygens (including phenoxy) is 2. The van der Waals surface area contributed by atoms with Gasteiger partial charge in [0.2, 0.25) is 0 Å². The van der Waals surface area contributed by atoms with E-state index in [9.17, 15) is 9.90 Å². The number of hydrogen-bond donors (Lipinski definition) is 1. The summed E-state index contributed by atoms with van der Waals surface area (Å²) in [5, 5.41) is 15.0. The first kappa shape index (κ1) is 27.1. The van der Waals surface area contributed by atoms with Crippen LogP contribution in [-0.2, 0) is 16.9 Å². The van der Waals surface area contributed by atoms with Gasteiger partial charge in [0.15, 0.2) is 0 Å². The molecular weight excluding hydrogens is 514 g/mol. The number of nitrogens with zero attached hydrogens (tertiary/aromatic N) is 3. The first-order chi connectivity index (χ1) is 19.7. The molecule has 1 amide bonds. The van der Waals surface area contributed by atoms with E-state index in [1.54, 1.807) is 18.7 Å². The normalized spacial score (nSPS) is 17.5. The summed E-state index contributed by atoms with van der Waals surface area (Å²) in [4.78, 5) is 15.0. The zero-order chi connectivity index (χ0) is 28.7. The average Bonchev–Trinajstić information content (AvgIpc) is 3.60. The van der Waals surface area contributed by atoms with E-state index in [-0.39, 0.29) is 12.7 Å². The van der Waals surface area contributed by atoms with Crippen molar-refractivity contribution in [2.75, 3.05) is 24.7 Å². The number of fused-ring (bicyclic) bond motifs is 3.